The normalized spacial score (nSPS) is 9.83. The molecule has 0 saturated heterocycles. The molecule has 0 saturated carbocycles. The van der Waals surface area contributed by atoms with E-state index in [2.05, 4.69) is 15.3 Å². The summed E-state index contributed by atoms with van der Waals surface area (Å²) in [6.45, 7) is 0.729. The maximum atomic E-state index is 11.6. The Morgan fingerprint density at radius 1 is 1.50 bits per heavy atom. The Labute approximate surface area is 105 Å². The minimum Gasteiger partial charge on any atom is -0.481 e. The highest BCUT2D eigenvalue weighted by atomic mass is 16.4. The van der Waals surface area contributed by atoms with Gasteiger partial charge in [0, 0.05) is 26.2 Å². The molecule has 18 heavy (non-hydrogen) atoms. The van der Waals surface area contributed by atoms with Crippen molar-refractivity contribution in [1.29, 1.82) is 0 Å². The topological polar surface area (TPSA) is 95.4 Å². The summed E-state index contributed by atoms with van der Waals surface area (Å²) in [7, 11) is 1.62. The number of hydrogen-bond donors (Lipinski definition) is 2. The SMILES string of the molecule is CN(CCCC(=O)O)C(=O)NCc1ccncn1. The fourth-order valence-corrected chi connectivity index (χ4v) is 1.29. The van der Waals surface area contributed by atoms with Crippen LogP contribution in [-0.2, 0) is 11.3 Å². The van der Waals surface area contributed by atoms with Gasteiger partial charge in [-0.1, -0.05) is 0 Å². The lowest BCUT2D eigenvalue weighted by Gasteiger charge is -2.17. The van der Waals surface area contributed by atoms with Crippen LogP contribution in [0.5, 0.6) is 0 Å². The standard InChI is InChI=1S/C11H16N4O3/c1-15(6-2-3-10(16)17)11(18)13-7-9-4-5-12-8-14-9/h4-5,8H,2-3,6-7H2,1H3,(H,13,18)(H,16,17). The van der Waals surface area contributed by atoms with Gasteiger partial charge in [0.1, 0.15) is 6.33 Å². The number of amides is 2. The number of carboxylic acids is 1. The second-order valence-corrected chi connectivity index (χ2v) is 3.78. The van der Waals surface area contributed by atoms with Crippen LogP contribution in [-0.4, -0.2) is 45.6 Å². The van der Waals surface area contributed by atoms with E-state index in [0.29, 0.717) is 19.5 Å². The fourth-order valence-electron chi connectivity index (χ4n) is 1.29. The number of carbonyl (C=O) groups is 2. The van der Waals surface area contributed by atoms with Gasteiger partial charge in [-0.25, -0.2) is 14.8 Å². The van der Waals surface area contributed by atoms with Crippen LogP contribution < -0.4 is 5.32 Å². The van der Waals surface area contributed by atoms with Gasteiger partial charge < -0.3 is 15.3 Å². The molecule has 7 heteroatoms. The van der Waals surface area contributed by atoms with Gasteiger partial charge in [-0.2, -0.15) is 0 Å². The van der Waals surface area contributed by atoms with Crippen LogP contribution in [0.1, 0.15) is 18.5 Å². The highest BCUT2D eigenvalue weighted by Gasteiger charge is 2.08. The monoisotopic (exact) mass is 252 g/mol. The van der Waals surface area contributed by atoms with Gasteiger partial charge in [0.15, 0.2) is 0 Å². The molecule has 0 atom stereocenters. The molecule has 2 amide bonds. The lowest BCUT2D eigenvalue weighted by molar-refractivity contribution is -0.137. The quantitative estimate of drug-likeness (QED) is 0.767. The van der Waals surface area contributed by atoms with Crippen molar-refractivity contribution in [2.45, 2.75) is 19.4 Å². The van der Waals surface area contributed by atoms with Crippen LogP contribution >= 0.6 is 0 Å². The van der Waals surface area contributed by atoms with E-state index in [1.54, 1.807) is 19.3 Å². The molecule has 0 bridgehead atoms. The third-order valence-corrected chi connectivity index (χ3v) is 2.29. The average Bonchev–Trinajstić information content (AvgIpc) is 2.36. The Kier molecular flexibility index (Phi) is 5.56. The summed E-state index contributed by atoms with van der Waals surface area (Å²) in [6, 6.07) is 1.46. The molecule has 0 radical (unpaired) electrons. The van der Waals surface area contributed by atoms with Crippen molar-refractivity contribution >= 4 is 12.0 Å². The van der Waals surface area contributed by atoms with Gasteiger partial charge in [-0.15, -0.1) is 0 Å². The van der Waals surface area contributed by atoms with E-state index in [4.69, 9.17) is 5.11 Å². The lowest BCUT2D eigenvalue weighted by atomic mass is 10.3. The molecule has 0 spiro atoms. The van der Waals surface area contributed by atoms with E-state index in [9.17, 15) is 9.59 Å². The third-order valence-electron chi connectivity index (χ3n) is 2.29. The number of urea groups is 1. The fraction of sp³-hybridized carbons (Fsp3) is 0.455. The molecule has 2 N–H and O–H groups in total. The smallest absolute Gasteiger partial charge is 0.317 e. The van der Waals surface area contributed by atoms with Gasteiger partial charge in [-0.05, 0) is 12.5 Å². The second-order valence-electron chi connectivity index (χ2n) is 3.78. The van der Waals surface area contributed by atoms with Crippen LogP contribution in [0.15, 0.2) is 18.6 Å². The number of carbonyl (C=O) groups excluding carboxylic acids is 1. The van der Waals surface area contributed by atoms with Crippen molar-refractivity contribution in [3.05, 3.63) is 24.3 Å². The molecule has 0 aliphatic heterocycles. The van der Waals surface area contributed by atoms with Crippen molar-refractivity contribution in [1.82, 2.24) is 20.2 Å². The molecule has 7 nitrogen and oxygen atoms in total. The number of hydrogen-bond acceptors (Lipinski definition) is 4. The van der Waals surface area contributed by atoms with Gasteiger partial charge in [0.05, 0.1) is 12.2 Å². The van der Waals surface area contributed by atoms with Gasteiger partial charge in [0.25, 0.3) is 0 Å². The van der Waals surface area contributed by atoms with E-state index in [-0.39, 0.29) is 12.5 Å². The van der Waals surface area contributed by atoms with E-state index in [1.165, 1.54) is 11.2 Å². The Bertz CT molecular complexity index is 397. The highest BCUT2D eigenvalue weighted by Crippen LogP contribution is 1.95. The molecule has 0 unspecified atom stereocenters. The summed E-state index contributed by atoms with van der Waals surface area (Å²) in [5.74, 6) is -0.857. The summed E-state index contributed by atoms with van der Waals surface area (Å²) in [4.78, 5) is 31.1. The maximum Gasteiger partial charge on any atom is 0.317 e. The summed E-state index contributed by atoms with van der Waals surface area (Å²) in [5.41, 5.74) is 0.720. The van der Waals surface area contributed by atoms with E-state index in [0.717, 1.165) is 5.69 Å². The van der Waals surface area contributed by atoms with Crippen molar-refractivity contribution < 1.29 is 14.7 Å². The van der Waals surface area contributed by atoms with Crippen LogP contribution in [0.2, 0.25) is 0 Å². The molecular weight excluding hydrogens is 236 g/mol. The lowest BCUT2D eigenvalue weighted by Crippen LogP contribution is -2.37. The molecule has 98 valence electrons. The molecule has 0 fully saturated rings. The van der Waals surface area contributed by atoms with E-state index >= 15 is 0 Å². The molecular formula is C11H16N4O3. The Balaban J connectivity index is 2.25. The third kappa shape index (κ3) is 5.24. The number of rotatable bonds is 6. The highest BCUT2D eigenvalue weighted by molar-refractivity contribution is 5.73. The number of aromatic nitrogens is 2. The number of carboxylic acid groups (broad SMARTS) is 1. The summed E-state index contributed by atoms with van der Waals surface area (Å²) < 4.78 is 0. The van der Waals surface area contributed by atoms with E-state index in [1.807, 2.05) is 0 Å². The van der Waals surface area contributed by atoms with Gasteiger partial charge >= 0.3 is 12.0 Å². The Morgan fingerprint density at radius 3 is 2.89 bits per heavy atom. The van der Waals surface area contributed by atoms with Crippen molar-refractivity contribution in [3.8, 4) is 0 Å². The predicted molar refractivity (Wildman–Crippen MR) is 63.8 cm³/mol. The number of aliphatic carboxylic acids is 1. The minimum absolute atomic E-state index is 0.0591. The average molecular weight is 252 g/mol. The summed E-state index contributed by atoms with van der Waals surface area (Å²) in [5, 5.41) is 11.2. The zero-order valence-corrected chi connectivity index (χ0v) is 10.2. The van der Waals surface area contributed by atoms with Crippen LogP contribution in [0.3, 0.4) is 0 Å². The first-order chi connectivity index (χ1) is 8.59. The molecule has 1 aromatic heterocycles. The molecule has 1 rings (SSSR count). The van der Waals surface area contributed by atoms with Crippen LogP contribution in [0, 0.1) is 0 Å². The zero-order valence-electron chi connectivity index (χ0n) is 10.2. The molecule has 1 heterocycles. The minimum atomic E-state index is -0.857. The largest absolute Gasteiger partial charge is 0.481 e. The van der Waals surface area contributed by atoms with Gasteiger partial charge in [0.2, 0.25) is 0 Å². The number of nitrogens with one attached hydrogen (secondary N) is 1. The maximum absolute atomic E-state index is 11.6. The molecule has 0 aliphatic carbocycles. The van der Waals surface area contributed by atoms with Crippen LogP contribution in [0.25, 0.3) is 0 Å². The van der Waals surface area contributed by atoms with Crippen LogP contribution in [0.4, 0.5) is 4.79 Å². The molecule has 0 aliphatic rings. The summed E-state index contributed by atoms with van der Waals surface area (Å²) in [6.07, 6.45) is 3.51. The van der Waals surface area contributed by atoms with E-state index < -0.39 is 5.97 Å². The zero-order chi connectivity index (χ0) is 13.4. The Hall–Kier alpha value is -2.18. The summed E-state index contributed by atoms with van der Waals surface area (Å²) >= 11 is 0. The molecule has 0 aromatic carbocycles. The predicted octanol–water partition coefficient (Wildman–Crippen LogP) is 0.483. The van der Waals surface area contributed by atoms with Crippen molar-refractivity contribution in [2.75, 3.05) is 13.6 Å². The van der Waals surface area contributed by atoms with Crippen molar-refractivity contribution in [3.63, 3.8) is 0 Å². The van der Waals surface area contributed by atoms with Crippen molar-refractivity contribution in [2.24, 2.45) is 0 Å². The number of nitrogens with zero attached hydrogens (tertiary/aromatic N) is 3. The first-order valence-corrected chi connectivity index (χ1v) is 5.55. The Morgan fingerprint density at radius 2 is 2.28 bits per heavy atom. The first-order valence-electron chi connectivity index (χ1n) is 5.55. The second kappa shape index (κ2) is 7.21. The molecule has 1 aromatic rings. The first kappa shape index (κ1) is 13.9. The van der Waals surface area contributed by atoms with Gasteiger partial charge in [-0.3, -0.25) is 4.79 Å².